The van der Waals surface area contributed by atoms with Gasteiger partial charge in [0.25, 0.3) is 0 Å². The first-order valence-corrected chi connectivity index (χ1v) is 22.5. The monoisotopic (exact) mass is 909 g/mol. The molecule has 5 aromatic carbocycles. The first kappa shape index (κ1) is 47.9. The van der Waals surface area contributed by atoms with Gasteiger partial charge in [-0.05, 0) is 147 Å². The Morgan fingerprint density at radius 1 is 0.576 bits per heavy atom. The summed E-state index contributed by atoms with van der Waals surface area (Å²) in [6.07, 6.45) is 10.8. The number of aromatic nitrogens is 1. The minimum atomic E-state index is -0.553. The van der Waals surface area contributed by atoms with Crippen LogP contribution in [0.25, 0.3) is 21.3 Å². The van der Waals surface area contributed by atoms with Crippen molar-refractivity contribution in [2.75, 3.05) is 31.9 Å². The lowest BCUT2D eigenvalue weighted by molar-refractivity contribution is -0.138. The lowest BCUT2D eigenvalue weighted by atomic mass is 10.0. The number of rotatable bonds is 26. The molecule has 0 aliphatic heterocycles. The molecule has 0 bridgehead atoms. The zero-order valence-electron chi connectivity index (χ0n) is 36.5. The first-order chi connectivity index (χ1) is 32.3. The minimum Gasteiger partial charge on any atom is -0.494 e. The number of fused-ring (bicyclic) bond motifs is 1. The molecule has 0 saturated carbocycles. The third-order valence-corrected chi connectivity index (χ3v) is 10.8. The summed E-state index contributed by atoms with van der Waals surface area (Å²) in [4.78, 5) is 53.2. The summed E-state index contributed by atoms with van der Waals surface area (Å²) < 4.78 is 34.3. The van der Waals surface area contributed by atoms with Gasteiger partial charge in [-0.15, -0.1) is 0 Å². The molecule has 1 heterocycles. The van der Waals surface area contributed by atoms with Crippen molar-refractivity contribution in [1.82, 2.24) is 4.98 Å². The van der Waals surface area contributed by atoms with Crippen LogP contribution in [-0.2, 0) is 19.1 Å². The van der Waals surface area contributed by atoms with Gasteiger partial charge in [0.05, 0.1) is 54.0 Å². The molecule has 0 amide bonds. The summed E-state index contributed by atoms with van der Waals surface area (Å²) in [7, 11) is 0. The number of para-hydroxylation sites is 1. The maximum atomic E-state index is 13.4. The Morgan fingerprint density at radius 3 is 1.65 bits per heavy atom. The molecule has 0 atom stereocenters. The summed E-state index contributed by atoms with van der Waals surface area (Å²) in [6, 6.07) is 33.8. The van der Waals surface area contributed by atoms with Gasteiger partial charge in [-0.3, -0.25) is 5.43 Å². The molecule has 1 aromatic heterocycles. The van der Waals surface area contributed by atoms with E-state index in [1.807, 2.05) is 48.5 Å². The predicted molar refractivity (Wildman–Crippen MR) is 256 cm³/mol. The van der Waals surface area contributed by atoms with Crippen LogP contribution in [-0.4, -0.2) is 61.5 Å². The molecule has 0 aliphatic carbocycles. The van der Waals surface area contributed by atoms with E-state index in [1.165, 1.54) is 11.3 Å². The van der Waals surface area contributed by atoms with Crippen molar-refractivity contribution in [3.8, 4) is 34.1 Å². The van der Waals surface area contributed by atoms with Gasteiger partial charge in [0.1, 0.15) is 23.0 Å². The molecule has 14 heteroatoms. The van der Waals surface area contributed by atoms with Gasteiger partial charge in [0.15, 0.2) is 0 Å². The standard InChI is InChI=1S/C52H51N3O10S/c1-3-48(56)62-33-13-7-5-11-31-60-42-24-19-38(20-25-42)50(58)64-44-28-17-37(18-29-44)40-23-30-46(41(35-40)36-53-55-52-54-45-15-9-10-16-47(45)66-52)65-51(59)39-21-26-43(27-22-39)61-32-12-6-8-14-34-63-49(57)4-2/h3-4,9-10,15-30,35-36H,1-2,5-8,11-14,31-34H2,(H,54,55)/b53-36+. The third kappa shape index (κ3) is 15.3. The van der Waals surface area contributed by atoms with Gasteiger partial charge in [-0.2, -0.15) is 5.10 Å². The van der Waals surface area contributed by atoms with Gasteiger partial charge in [0.2, 0.25) is 5.13 Å². The summed E-state index contributed by atoms with van der Waals surface area (Å²) in [5.74, 6) is 0.0602. The zero-order valence-corrected chi connectivity index (χ0v) is 37.3. The van der Waals surface area contributed by atoms with Crippen molar-refractivity contribution < 1.29 is 47.6 Å². The Kier molecular flexibility index (Phi) is 18.6. The van der Waals surface area contributed by atoms with Crippen molar-refractivity contribution in [3.63, 3.8) is 0 Å². The number of carbonyl (C=O) groups excluding carboxylic acids is 4. The molecule has 0 fully saturated rings. The maximum absolute atomic E-state index is 13.4. The van der Waals surface area contributed by atoms with Crippen LogP contribution in [0, 0.1) is 0 Å². The largest absolute Gasteiger partial charge is 0.494 e. The van der Waals surface area contributed by atoms with Crippen molar-refractivity contribution >= 4 is 56.8 Å². The maximum Gasteiger partial charge on any atom is 0.343 e. The van der Waals surface area contributed by atoms with E-state index in [1.54, 1.807) is 72.9 Å². The van der Waals surface area contributed by atoms with Crippen LogP contribution < -0.4 is 24.4 Å². The van der Waals surface area contributed by atoms with Gasteiger partial charge in [-0.25, -0.2) is 24.2 Å². The van der Waals surface area contributed by atoms with E-state index in [2.05, 4.69) is 28.7 Å². The Labute approximate surface area is 387 Å². The van der Waals surface area contributed by atoms with E-state index < -0.39 is 23.9 Å². The minimum absolute atomic E-state index is 0.292. The van der Waals surface area contributed by atoms with Crippen LogP contribution in [0.1, 0.15) is 77.6 Å². The Bertz CT molecular complexity index is 2560. The SMILES string of the molecule is C=CC(=O)OCCCCCCOc1ccc(C(=O)Oc2ccc(-c3ccc(OC(=O)c4ccc(OCCCCCCOC(=O)C=C)cc4)c(/C=N/Nc4nc5ccccc5s4)c3)cc2)cc1. The van der Waals surface area contributed by atoms with Crippen molar-refractivity contribution in [2.45, 2.75) is 51.4 Å². The number of benzene rings is 5. The van der Waals surface area contributed by atoms with E-state index >= 15 is 0 Å². The van der Waals surface area contributed by atoms with Crippen LogP contribution in [0.2, 0.25) is 0 Å². The normalized spacial score (nSPS) is 10.8. The molecule has 6 rings (SSSR count). The fraction of sp³-hybridized carbons (Fsp3) is 0.231. The average molecular weight is 910 g/mol. The number of ether oxygens (including phenoxy) is 6. The summed E-state index contributed by atoms with van der Waals surface area (Å²) in [6.45, 7) is 8.56. The second kappa shape index (κ2) is 25.6. The topological polar surface area (TPSA) is 161 Å². The van der Waals surface area contributed by atoms with E-state index in [4.69, 9.17) is 28.4 Å². The molecular formula is C52H51N3O10S. The molecule has 0 aliphatic rings. The van der Waals surface area contributed by atoms with Crippen molar-refractivity contribution in [1.29, 1.82) is 0 Å². The number of hydrazone groups is 1. The Morgan fingerprint density at radius 2 is 1.09 bits per heavy atom. The fourth-order valence-corrected chi connectivity index (χ4v) is 7.19. The van der Waals surface area contributed by atoms with Gasteiger partial charge in [-0.1, -0.05) is 54.8 Å². The van der Waals surface area contributed by atoms with Crippen LogP contribution in [0.4, 0.5) is 5.13 Å². The highest BCUT2D eigenvalue weighted by Gasteiger charge is 2.15. The lowest BCUT2D eigenvalue weighted by Crippen LogP contribution is -2.10. The number of thiazole rings is 1. The molecule has 0 radical (unpaired) electrons. The van der Waals surface area contributed by atoms with E-state index in [0.717, 1.165) is 84.9 Å². The van der Waals surface area contributed by atoms with E-state index in [-0.39, 0.29) is 0 Å². The summed E-state index contributed by atoms with van der Waals surface area (Å²) >= 11 is 1.47. The molecular weight excluding hydrogens is 859 g/mol. The molecule has 0 unspecified atom stereocenters. The number of esters is 4. The van der Waals surface area contributed by atoms with E-state index in [0.29, 0.717) is 71.2 Å². The number of nitrogens with one attached hydrogen (secondary N) is 1. The van der Waals surface area contributed by atoms with Gasteiger partial charge >= 0.3 is 23.9 Å². The second-order valence-electron chi connectivity index (χ2n) is 14.7. The van der Waals surface area contributed by atoms with E-state index in [9.17, 15) is 19.2 Å². The van der Waals surface area contributed by atoms with Crippen LogP contribution >= 0.6 is 11.3 Å². The molecule has 1 N–H and O–H groups in total. The lowest BCUT2D eigenvalue weighted by Gasteiger charge is -2.11. The zero-order chi connectivity index (χ0) is 46.4. The molecule has 0 spiro atoms. The first-order valence-electron chi connectivity index (χ1n) is 21.7. The Balaban J connectivity index is 1.03. The van der Waals surface area contributed by atoms with Gasteiger partial charge < -0.3 is 28.4 Å². The quantitative estimate of drug-likeness (QED) is 0.0137. The Hall–Kier alpha value is -7.58. The second-order valence-corrected chi connectivity index (χ2v) is 15.8. The highest BCUT2D eigenvalue weighted by molar-refractivity contribution is 7.22. The molecule has 0 saturated heterocycles. The number of carbonyl (C=O) groups is 4. The number of hydrogen-bond donors (Lipinski definition) is 1. The van der Waals surface area contributed by atoms with Crippen LogP contribution in [0.15, 0.2) is 146 Å². The number of unbranched alkanes of at least 4 members (excludes halogenated alkanes) is 6. The van der Waals surface area contributed by atoms with Crippen LogP contribution in [0.5, 0.6) is 23.0 Å². The fourth-order valence-electron chi connectivity index (χ4n) is 6.37. The van der Waals surface area contributed by atoms with Gasteiger partial charge in [0, 0.05) is 17.7 Å². The third-order valence-electron chi connectivity index (χ3n) is 9.89. The highest BCUT2D eigenvalue weighted by Crippen LogP contribution is 2.30. The molecule has 13 nitrogen and oxygen atoms in total. The smallest absolute Gasteiger partial charge is 0.343 e. The molecule has 6 aromatic rings. The van der Waals surface area contributed by atoms with Crippen molar-refractivity contribution in [2.24, 2.45) is 5.10 Å². The molecule has 66 heavy (non-hydrogen) atoms. The molecule has 340 valence electrons. The van der Waals surface area contributed by atoms with Crippen molar-refractivity contribution in [3.05, 3.63) is 157 Å². The number of hydrogen-bond acceptors (Lipinski definition) is 14. The highest BCUT2D eigenvalue weighted by atomic mass is 32.1. The number of anilines is 1. The van der Waals surface area contributed by atoms with Crippen LogP contribution in [0.3, 0.4) is 0 Å². The number of nitrogens with zero attached hydrogens (tertiary/aromatic N) is 2. The predicted octanol–water partition coefficient (Wildman–Crippen LogP) is 11.2. The summed E-state index contributed by atoms with van der Waals surface area (Å²) in [5.41, 5.74) is 6.73. The summed E-state index contributed by atoms with van der Waals surface area (Å²) in [5, 5.41) is 5.05. The average Bonchev–Trinajstić information content (AvgIpc) is 3.77.